The van der Waals surface area contributed by atoms with Gasteiger partial charge in [0, 0.05) is 12.3 Å². The van der Waals surface area contributed by atoms with Crippen LogP contribution < -0.4 is 5.19 Å². The van der Waals surface area contributed by atoms with Crippen LogP contribution in [-0.4, -0.2) is 13.9 Å². The van der Waals surface area contributed by atoms with Gasteiger partial charge < -0.3 is 0 Å². The number of Topliss-reactive ketones (excluding diaryl/α,β-unsaturated/α-hetero) is 1. The average molecular weight is 274 g/mol. The monoisotopic (exact) mass is 274 g/mol. The van der Waals surface area contributed by atoms with Crippen LogP contribution in [0.2, 0.25) is 19.1 Å². The Kier molecular flexibility index (Phi) is 4.97. The zero-order chi connectivity index (χ0) is 13.7. The van der Waals surface area contributed by atoms with Crippen LogP contribution in [0.1, 0.15) is 38.5 Å². The number of ketones is 1. The molecule has 0 saturated heterocycles. The van der Waals surface area contributed by atoms with Crippen molar-refractivity contribution in [2.75, 3.05) is 0 Å². The standard InChI is InChI=1S/C17H26OSi/c1-19(2,16-11-4-3-5-12-16)14-8-10-15-9-6-7-13-17(15)18/h3-5,11-12,15H,6-10,13-14H2,1-2H3. The Bertz CT molecular complexity index is 411. The highest BCUT2D eigenvalue weighted by Crippen LogP contribution is 2.26. The smallest absolute Gasteiger partial charge is 0.135 e. The first-order valence-electron chi connectivity index (χ1n) is 7.68. The Morgan fingerprint density at radius 2 is 1.89 bits per heavy atom. The number of hydrogen-bond donors (Lipinski definition) is 0. The predicted octanol–water partition coefficient (Wildman–Crippen LogP) is 4.14. The molecule has 0 radical (unpaired) electrons. The maximum absolute atomic E-state index is 11.8. The van der Waals surface area contributed by atoms with Crippen molar-refractivity contribution in [3.05, 3.63) is 30.3 Å². The van der Waals surface area contributed by atoms with Gasteiger partial charge in [-0.15, -0.1) is 0 Å². The van der Waals surface area contributed by atoms with Gasteiger partial charge in [0.1, 0.15) is 5.78 Å². The summed E-state index contributed by atoms with van der Waals surface area (Å²) < 4.78 is 0. The van der Waals surface area contributed by atoms with Crippen molar-refractivity contribution >= 4 is 19.0 Å². The molecule has 1 aliphatic rings. The summed E-state index contributed by atoms with van der Waals surface area (Å²) in [7, 11) is -1.30. The summed E-state index contributed by atoms with van der Waals surface area (Å²) in [6.45, 7) is 4.90. The first kappa shape index (κ1) is 14.5. The third-order valence-corrected chi connectivity index (χ3v) is 8.09. The molecule has 1 fully saturated rings. The molecule has 0 bridgehead atoms. The lowest BCUT2D eigenvalue weighted by atomic mass is 9.85. The molecule has 1 unspecified atom stereocenters. The Labute approximate surface area is 118 Å². The van der Waals surface area contributed by atoms with Gasteiger partial charge in [-0.25, -0.2) is 0 Å². The lowest BCUT2D eigenvalue weighted by Crippen LogP contribution is -2.41. The molecule has 19 heavy (non-hydrogen) atoms. The van der Waals surface area contributed by atoms with Crippen molar-refractivity contribution in [1.82, 2.24) is 0 Å². The molecule has 1 nitrogen and oxygen atoms in total. The van der Waals surface area contributed by atoms with Crippen LogP contribution in [0.5, 0.6) is 0 Å². The molecule has 1 atom stereocenters. The SMILES string of the molecule is C[Si](C)(CCCC1CCCCC1=O)c1ccccc1. The molecule has 0 heterocycles. The normalized spacial score (nSPS) is 20.5. The summed E-state index contributed by atoms with van der Waals surface area (Å²) in [6, 6.07) is 12.2. The lowest BCUT2D eigenvalue weighted by molar-refractivity contribution is -0.124. The van der Waals surface area contributed by atoms with E-state index in [-0.39, 0.29) is 0 Å². The minimum absolute atomic E-state index is 0.384. The van der Waals surface area contributed by atoms with Crippen LogP contribution in [0.15, 0.2) is 30.3 Å². The van der Waals surface area contributed by atoms with E-state index in [4.69, 9.17) is 0 Å². The van der Waals surface area contributed by atoms with Crippen molar-refractivity contribution in [2.45, 2.75) is 57.7 Å². The number of carbonyl (C=O) groups excluding carboxylic acids is 1. The van der Waals surface area contributed by atoms with E-state index in [0.717, 1.165) is 25.7 Å². The van der Waals surface area contributed by atoms with Crippen molar-refractivity contribution in [2.24, 2.45) is 5.92 Å². The van der Waals surface area contributed by atoms with Gasteiger partial charge in [0.05, 0.1) is 8.07 Å². The highest BCUT2D eigenvalue weighted by Gasteiger charge is 2.25. The molecule has 1 aliphatic carbocycles. The molecular weight excluding hydrogens is 248 g/mol. The molecule has 0 N–H and O–H groups in total. The first-order valence-corrected chi connectivity index (χ1v) is 10.9. The maximum Gasteiger partial charge on any atom is 0.135 e. The quantitative estimate of drug-likeness (QED) is 0.737. The van der Waals surface area contributed by atoms with Crippen molar-refractivity contribution in [3.63, 3.8) is 0 Å². The van der Waals surface area contributed by atoms with Gasteiger partial charge in [-0.3, -0.25) is 4.79 Å². The Balaban J connectivity index is 1.83. The molecule has 2 heteroatoms. The van der Waals surface area contributed by atoms with E-state index in [1.807, 2.05) is 0 Å². The molecule has 1 aromatic carbocycles. The van der Waals surface area contributed by atoms with E-state index in [9.17, 15) is 4.79 Å². The van der Waals surface area contributed by atoms with Crippen molar-refractivity contribution < 1.29 is 4.79 Å². The van der Waals surface area contributed by atoms with E-state index in [1.54, 1.807) is 5.19 Å². The summed E-state index contributed by atoms with van der Waals surface area (Å²) in [5.74, 6) is 0.916. The number of hydrogen-bond acceptors (Lipinski definition) is 1. The van der Waals surface area contributed by atoms with Crippen LogP contribution in [0.3, 0.4) is 0 Å². The molecule has 0 spiro atoms. The van der Waals surface area contributed by atoms with Crippen LogP contribution >= 0.6 is 0 Å². The zero-order valence-corrected chi connectivity index (χ0v) is 13.3. The predicted molar refractivity (Wildman–Crippen MR) is 84.6 cm³/mol. The molecular formula is C17H26OSi. The second-order valence-corrected chi connectivity index (χ2v) is 11.4. The van der Waals surface area contributed by atoms with Crippen LogP contribution in [0.25, 0.3) is 0 Å². The third kappa shape index (κ3) is 4.03. The van der Waals surface area contributed by atoms with Crippen LogP contribution in [0, 0.1) is 5.92 Å². The second kappa shape index (κ2) is 6.51. The Hall–Kier alpha value is -0.893. The summed E-state index contributed by atoms with van der Waals surface area (Å²) in [6.07, 6.45) is 6.72. The van der Waals surface area contributed by atoms with Crippen molar-refractivity contribution in [1.29, 1.82) is 0 Å². The van der Waals surface area contributed by atoms with E-state index in [1.165, 1.54) is 18.9 Å². The van der Waals surface area contributed by atoms with Crippen LogP contribution in [0.4, 0.5) is 0 Å². The van der Waals surface area contributed by atoms with Crippen LogP contribution in [-0.2, 0) is 4.79 Å². The topological polar surface area (TPSA) is 17.1 Å². The van der Waals surface area contributed by atoms with Gasteiger partial charge in [0.15, 0.2) is 0 Å². The molecule has 0 aromatic heterocycles. The van der Waals surface area contributed by atoms with Gasteiger partial charge in [0.25, 0.3) is 0 Å². The fourth-order valence-corrected chi connectivity index (χ4v) is 5.66. The minimum atomic E-state index is -1.30. The van der Waals surface area contributed by atoms with E-state index < -0.39 is 8.07 Å². The fourth-order valence-electron chi connectivity index (χ4n) is 3.18. The Morgan fingerprint density at radius 1 is 1.16 bits per heavy atom. The molecule has 2 rings (SSSR count). The lowest BCUT2D eigenvalue weighted by Gasteiger charge is -2.25. The van der Waals surface area contributed by atoms with Gasteiger partial charge >= 0.3 is 0 Å². The number of benzene rings is 1. The van der Waals surface area contributed by atoms with Crippen molar-refractivity contribution in [3.8, 4) is 0 Å². The summed E-state index contributed by atoms with van der Waals surface area (Å²) in [5, 5.41) is 1.55. The van der Waals surface area contributed by atoms with Gasteiger partial charge in [-0.1, -0.05) is 67.5 Å². The van der Waals surface area contributed by atoms with E-state index >= 15 is 0 Å². The number of carbonyl (C=O) groups is 1. The molecule has 0 aliphatic heterocycles. The molecule has 104 valence electrons. The molecule has 1 saturated carbocycles. The maximum atomic E-state index is 11.8. The third-order valence-electron chi connectivity index (χ3n) is 4.59. The highest BCUT2D eigenvalue weighted by molar-refractivity contribution is 6.89. The van der Waals surface area contributed by atoms with E-state index in [2.05, 4.69) is 43.4 Å². The second-order valence-electron chi connectivity index (χ2n) is 6.55. The fraction of sp³-hybridized carbons (Fsp3) is 0.588. The molecule has 0 amide bonds. The zero-order valence-electron chi connectivity index (χ0n) is 12.3. The molecule has 1 aromatic rings. The van der Waals surface area contributed by atoms with Gasteiger partial charge in [-0.05, 0) is 19.3 Å². The number of rotatable bonds is 5. The van der Waals surface area contributed by atoms with Gasteiger partial charge in [0.2, 0.25) is 0 Å². The minimum Gasteiger partial charge on any atom is -0.299 e. The summed E-state index contributed by atoms with van der Waals surface area (Å²) in [4.78, 5) is 11.8. The summed E-state index contributed by atoms with van der Waals surface area (Å²) in [5.41, 5.74) is 0. The largest absolute Gasteiger partial charge is 0.299 e. The van der Waals surface area contributed by atoms with E-state index in [0.29, 0.717) is 11.7 Å². The Morgan fingerprint density at radius 3 is 2.58 bits per heavy atom. The first-order chi connectivity index (χ1) is 9.09. The summed E-state index contributed by atoms with van der Waals surface area (Å²) >= 11 is 0. The van der Waals surface area contributed by atoms with Gasteiger partial charge in [-0.2, -0.15) is 0 Å². The highest BCUT2D eigenvalue weighted by atomic mass is 28.3. The average Bonchev–Trinajstić information content (AvgIpc) is 2.42.